The fourth-order valence-electron chi connectivity index (χ4n) is 4.79. The molecule has 2 aromatic heterocycles. The minimum Gasteiger partial charge on any atom is -0.491 e. The first-order valence-corrected chi connectivity index (χ1v) is 12.6. The number of nitrogens with zero attached hydrogens (tertiary/aromatic N) is 3. The molecule has 2 aliphatic heterocycles. The Balaban J connectivity index is 1.38. The van der Waals surface area contributed by atoms with Crippen LogP contribution < -0.4 is 14.8 Å². The molecule has 0 unspecified atom stereocenters. The van der Waals surface area contributed by atoms with Crippen LogP contribution in [0.3, 0.4) is 0 Å². The molecule has 1 N–H and O–H groups in total. The number of rotatable bonds is 7. The summed E-state index contributed by atoms with van der Waals surface area (Å²) in [6, 6.07) is 7.70. The number of methoxy groups -OCH3 is 2. The van der Waals surface area contributed by atoms with Crippen LogP contribution >= 0.6 is 11.3 Å². The largest absolute Gasteiger partial charge is 0.491 e. The minimum absolute atomic E-state index is 0.116. The number of carbonyl (C=O) groups is 1. The molecule has 0 bridgehead atoms. The zero-order valence-electron chi connectivity index (χ0n) is 20.0. The summed E-state index contributed by atoms with van der Waals surface area (Å²) in [5, 5.41) is 3.54. The van der Waals surface area contributed by atoms with Crippen molar-refractivity contribution in [2.45, 2.75) is 19.3 Å². The van der Waals surface area contributed by atoms with Gasteiger partial charge >= 0.3 is 6.03 Å². The van der Waals surface area contributed by atoms with Crippen LogP contribution in [0.2, 0.25) is 0 Å². The number of thiazole rings is 1. The van der Waals surface area contributed by atoms with Crippen molar-refractivity contribution in [2.24, 2.45) is 5.41 Å². The third kappa shape index (κ3) is 5.05. The molecule has 10 heteroatoms. The van der Waals surface area contributed by atoms with Gasteiger partial charge in [0.25, 0.3) is 0 Å². The first-order valence-electron chi connectivity index (χ1n) is 11.8. The Hall–Kier alpha value is -2.95. The quantitative estimate of drug-likeness (QED) is 0.482. The van der Waals surface area contributed by atoms with Gasteiger partial charge in [-0.3, -0.25) is 5.32 Å². The van der Waals surface area contributed by atoms with Gasteiger partial charge < -0.3 is 23.8 Å². The van der Waals surface area contributed by atoms with Gasteiger partial charge in [-0.25, -0.2) is 14.8 Å². The Bertz CT molecular complexity index is 1190. The van der Waals surface area contributed by atoms with Gasteiger partial charge in [-0.05, 0) is 42.4 Å². The van der Waals surface area contributed by atoms with E-state index in [1.165, 1.54) is 11.3 Å². The van der Waals surface area contributed by atoms with Crippen LogP contribution in [0.4, 0.5) is 9.93 Å². The van der Waals surface area contributed by atoms with E-state index < -0.39 is 0 Å². The van der Waals surface area contributed by atoms with Gasteiger partial charge in [0.2, 0.25) is 5.88 Å². The average molecular weight is 499 g/mol. The molecule has 4 heterocycles. The molecule has 0 radical (unpaired) electrons. The van der Waals surface area contributed by atoms with Crippen LogP contribution in [-0.4, -0.2) is 74.6 Å². The fraction of sp³-hybridized carbons (Fsp3) is 0.480. The minimum atomic E-state index is -0.116. The van der Waals surface area contributed by atoms with Gasteiger partial charge in [0.05, 0.1) is 18.4 Å². The summed E-state index contributed by atoms with van der Waals surface area (Å²) in [7, 11) is 3.22. The second-order valence-corrected chi connectivity index (χ2v) is 9.96. The van der Waals surface area contributed by atoms with E-state index in [1.807, 2.05) is 29.2 Å². The molecule has 3 aromatic rings. The van der Waals surface area contributed by atoms with Crippen molar-refractivity contribution in [1.29, 1.82) is 0 Å². The normalized spacial score (nSPS) is 17.1. The highest BCUT2D eigenvalue weighted by atomic mass is 32.1. The maximum absolute atomic E-state index is 13.1. The first kappa shape index (κ1) is 23.8. The molecule has 186 valence electrons. The summed E-state index contributed by atoms with van der Waals surface area (Å²) in [6.45, 7) is 4.06. The van der Waals surface area contributed by atoms with Crippen LogP contribution in [0.5, 0.6) is 11.6 Å². The number of likely N-dealkylation sites (tertiary alicyclic amines) is 1. The standard InChI is InChI=1S/C25H30N4O5S/c1-31-12-13-34-18-5-3-4-17(14-18)19-15-26-22(32-2)20-21(19)35-23(27-20)28-24(30)29-9-6-25(16-29)7-10-33-11-8-25/h3-5,14-15H,6-13,16H2,1-2H3,(H,27,28,30). The molecular weight excluding hydrogens is 468 g/mol. The highest BCUT2D eigenvalue weighted by Gasteiger charge is 2.41. The van der Waals surface area contributed by atoms with Crippen LogP contribution in [0.25, 0.3) is 21.3 Å². The Morgan fingerprint density at radius 1 is 1.23 bits per heavy atom. The van der Waals surface area contributed by atoms with Gasteiger partial charge in [-0.15, -0.1) is 0 Å². The molecule has 2 saturated heterocycles. The first-order chi connectivity index (χ1) is 17.1. The number of urea groups is 1. The van der Waals surface area contributed by atoms with E-state index in [0.29, 0.717) is 29.7 Å². The van der Waals surface area contributed by atoms with Crippen molar-refractivity contribution < 1.29 is 23.7 Å². The Morgan fingerprint density at radius 2 is 2.09 bits per heavy atom. The molecule has 1 spiro atoms. The van der Waals surface area contributed by atoms with Gasteiger partial charge in [-0.1, -0.05) is 23.5 Å². The zero-order valence-corrected chi connectivity index (χ0v) is 20.9. The summed E-state index contributed by atoms with van der Waals surface area (Å²) in [6.07, 6.45) is 4.82. The number of pyridine rings is 1. The summed E-state index contributed by atoms with van der Waals surface area (Å²) in [5.74, 6) is 1.17. The highest BCUT2D eigenvalue weighted by molar-refractivity contribution is 7.23. The number of hydrogen-bond acceptors (Lipinski definition) is 8. The van der Waals surface area contributed by atoms with E-state index in [2.05, 4.69) is 15.3 Å². The van der Waals surface area contributed by atoms with Crippen LogP contribution in [0, 0.1) is 5.41 Å². The number of aromatic nitrogens is 2. The molecule has 2 amide bonds. The predicted octanol–water partition coefficient (Wildman–Crippen LogP) is 4.43. The predicted molar refractivity (Wildman–Crippen MR) is 134 cm³/mol. The molecule has 1 aromatic carbocycles. The summed E-state index contributed by atoms with van der Waals surface area (Å²) in [4.78, 5) is 24.1. The maximum atomic E-state index is 13.1. The van der Waals surface area contributed by atoms with Gasteiger partial charge in [-0.2, -0.15) is 0 Å². The summed E-state index contributed by atoms with van der Waals surface area (Å²) < 4.78 is 22.7. The van der Waals surface area contributed by atoms with Crippen molar-refractivity contribution in [3.8, 4) is 22.8 Å². The van der Waals surface area contributed by atoms with Gasteiger partial charge in [0, 0.05) is 45.2 Å². The number of amides is 2. The number of ether oxygens (including phenoxy) is 4. The SMILES string of the molecule is COCCOc1cccc(-c2cnc(OC)c3nc(NC(=O)N4CCC5(CCOCC5)C4)sc23)c1. The number of fused-ring (bicyclic) bond motifs is 1. The maximum Gasteiger partial charge on any atom is 0.323 e. The Kier molecular flexibility index (Phi) is 7.03. The second kappa shape index (κ2) is 10.3. The second-order valence-electron chi connectivity index (χ2n) is 8.96. The highest BCUT2D eigenvalue weighted by Crippen LogP contribution is 2.41. The molecule has 2 fully saturated rings. The van der Waals surface area contributed by atoms with E-state index >= 15 is 0 Å². The molecule has 2 aliphatic rings. The van der Waals surface area contributed by atoms with Gasteiger partial charge in [0.1, 0.15) is 17.9 Å². The summed E-state index contributed by atoms with van der Waals surface area (Å²) in [5.41, 5.74) is 2.67. The lowest BCUT2D eigenvalue weighted by Gasteiger charge is -2.33. The van der Waals surface area contributed by atoms with E-state index in [4.69, 9.17) is 18.9 Å². The third-order valence-electron chi connectivity index (χ3n) is 6.77. The molecular formula is C25H30N4O5S. The van der Waals surface area contributed by atoms with Crippen LogP contribution in [-0.2, 0) is 9.47 Å². The third-order valence-corrected chi connectivity index (χ3v) is 7.78. The fourth-order valence-corrected chi connectivity index (χ4v) is 5.77. The Labute approximate surface area is 208 Å². The van der Waals surface area contributed by atoms with E-state index in [0.717, 1.165) is 67.1 Å². The number of hydrogen-bond donors (Lipinski definition) is 1. The molecule has 0 saturated carbocycles. The molecule has 9 nitrogen and oxygen atoms in total. The Morgan fingerprint density at radius 3 is 2.89 bits per heavy atom. The lowest BCUT2D eigenvalue weighted by Crippen LogP contribution is -2.37. The van der Waals surface area contributed by atoms with Crippen LogP contribution in [0.1, 0.15) is 19.3 Å². The van der Waals surface area contributed by atoms with Crippen molar-refractivity contribution in [1.82, 2.24) is 14.9 Å². The van der Waals surface area contributed by atoms with Crippen molar-refractivity contribution >= 4 is 32.7 Å². The monoisotopic (exact) mass is 498 g/mol. The van der Waals surface area contributed by atoms with Crippen molar-refractivity contribution in [2.75, 3.05) is 59.1 Å². The average Bonchev–Trinajstić information content (AvgIpc) is 3.49. The van der Waals surface area contributed by atoms with E-state index in [1.54, 1.807) is 20.4 Å². The topological polar surface area (TPSA) is 95.0 Å². The number of anilines is 1. The number of nitrogens with one attached hydrogen (secondary N) is 1. The lowest BCUT2D eigenvalue weighted by molar-refractivity contribution is 0.0211. The zero-order chi connectivity index (χ0) is 24.3. The molecule has 5 rings (SSSR count). The molecule has 0 aliphatic carbocycles. The number of benzene rings is 1. The smallest absolute Gasteiger partial charge is 0.323 e. The van der Waals surface area contributed by atoms with Crippen molar-refractivity contribution in [3.05, 3.63) is 30.5 Å². The van der Waals surface area contributed by atoms with Crippen molar-refractivity contribution in [3.63, 3.8) is 0 Å². The lowest BCUT2D eigenvalue weighted by atomic mass is 9.80. The molecule has 35 heavy (non-hydrogen) atoms. The van der Waals surface area contributed by atoms with Gasteiger partial charge in [0.15, 0.2) is 5.13 Å². The van der Waals surface area contributed by atoms with E-state index in [-0.39, 0.29) is 11.4 Å². The molecule has 0 atom stereocenters. The van der Waals surface area contributed by atoms with Crippen LogP contribution in [0.15, 0.2) is 30.5 Å². The number of carbonyl (C=O) groups excluding carboxylic acids is 1. The van der Waals surface area contributed by atoms with E-state index in [9.17, 15) is 4.79 Å². The summed E-state index contributed by atoms with van der Waals surface area (Å²) >= 11 is 1.42.